The maximum atomic E-state index is 11.0. The molecule has 0 radical (unpaired) electrons. The van der Waals surface area contributed by atoms with Crippen molar-refractivity contribution in [2.75, 3.05) is 26.2 Å². The first kappa shape index (κ1) is 24.7. The van der Waals surface area contributed by atoms with Crippen LogP contribution < -0.4 is 15.8 Å². The van der Waals surface area contributed by atoms with Crippen molar-refractivity contribution in [3.05, 3.63) is 29.8 Å². The quantitative estimate of drug-likeness (QED) is 0.483. The molecule has 160 valence electrons. The molecule has 0 spiro atoms. The molecular weight excluding hydrogens is 374 g/mol. The van der Waals surface area contributed by atoms with E-state index in [1.165, 1.54) is 37.7 Å². The summed E-state index contributed by atoms with van der Waals surface area (Å²) in [5.74, 6) is 0.729. The smallest absolute Gasteiger partial charge is 0.231 e. The molecule has 0 saturated carbocycles. The van der Waals surface area contributed by atoms with Gasteiger partial charge in [0.1, 0.15) is 5.75 Å². The number of nitrogens with two attached hydrogens (primary N) is 1. The lowest BCUT2D eigenvalue weighted by Crippen LogP contribution is -2.45. The fraction of sp³-hybridized carbons (Fsp3) is 0.682. The van der Waals surface area contributed by atoms with Crippen molar-refractivity contribution in [1.82, 2.24) is 10.2 Å². The number of hydrogen-bond donors (Lipinski definition) is 2. The average Bonchev–Trinajstić information content (AvgIpc) is 2.67. The van der Waals surface area contributed by atoms with Gasteiger partial charge < -0.3 is 15.8 Å². The first-order valence-electron chi connectivity index (χ1n) is 10.6. The van der Waals surface area contributed by atoms with E-state index in [1.807, 2.05) is 0 Å². The monoisotopic (exact) mass is 411 g/mol. The van der Waals surface area contributed by atoms with Gasteiger partial charge in [0.25, 0.3) is 0 Å². The third kappa shape index (κ3) is 10.3. The molecule has 0 unspecified atom stereocenters. The summed E-state index contributed by atoms with van der Waals surface area (Å²) in [5, 5.41) is 3.62. The zero-order chi connectivity index (χ0) is 19.3. The molecule has 1 aliphatic heterocycles. The number of rotatable bonds is 13. The summed E-state index contributed by atoms with van der Waals surface area (Å²) in [6, 6.07) is 8.95. The van der Waals surface area contributed by atoms with Crippen molar-refractivity contribution >= 4 is 18.3 Å². The van der Waals surface area contributed by atoms with Gasteiger partial charge in [0.2, 0.25) is 5.91 Å². The molecule has 1 aliphatic rings. The van der Waals surface area contributed by atoms with Crippen LogP contribution >= 0.6 is 12.4 Å². The number of hydrogen-bond acceptors (Lipinski definition) is 4. The molecule has 1 saturated heterocycles. The van der Waals surface area contributed by atoms with Crippen molar-refractivity contribution in [1.29, 1.82) is 0 Å². The summed E-state index contributed by atoms with van der Waals surface area (Å²) >= 11 is 0. The Hall–Kier alpha value is -1.30. The van der Waals surface area contributed by atoms with Crippen LogP contribution in [0.5, 0.6) is 5.75 Å². The number of ether oxygens (including phenoxy) is 1. The van der Waals surface area contributed by atoms with E-state index in [4.69, 9.17) is 10.5 Å². The Balaban J connectivity index is 0.00000392. The van der Waals surface area contributed by atoms with Crippen molar-refractivity contribution in [2.45, 2.75) is 70.9 Å². The van der Waals surface area contributed by atoms with Crippen LogP contribution in [0.25, 0.3) is 0 Å². The summed E-state index contributed by atoms with van der Waals surface area (Å²) in [6.45, 7) is 6.19. The number of carbonyl (C=O) groups is 1. The molecule has 1 aromatic carbocycles. The largest absolute Gasteiger partial charge is 0.494 e. The number of nitrogens with zero attached hydrogens (tertiary/aromatic N) is 1. The van der Waals surface area contributed by atoms with Crippen molar-refractivity contribution < 1.29 is 9.53 Å². The second kappa shape index (κ2) is 14.7. The molecule has 0 aromatic heterocycles. The minimum atomic E-state index is -0.236. The van der Waals surface area contributed by atoms with E-state index in [1.54, 1.807) is 0 Å². The van der Waals surface area contributed by atoms with Gasteiger partial charge in [0.15, 0.2) is 0 Å². The molecule has 28 heavy (non-hydrogen) atoms. The van der Waals surface area contributed by atoms with Crippen LogP contribution in [0, 0.1) is 0 Å². The van der Waals surface area contributed by atoms with E-state index >= 15 is 0 Å². The molecule has 1 aromatic rings. The topological polar surface area (TPSA) is 67.6 Å². The Kier molecular flexibility index (Phi) is 13.0. The lowest BCUT2D eigenvalue weighted by atomic mass is 10.0. The summed E-state index contributed by atoms with van der Waals surface area (Å²) in [4.78, 5) is 13.1. The van der Waals surface area contributed by atoms with Crippen LogP contribution in [-0.4, -0.2) is 43.1 Å². The van der Waals surface area contributed by atoms with Crippen LogP contribution in [0.4, 0.5) is 0 Å². The van der Waals surface area contributed by atoms with Gasteiger partial charge in [-0.15, -0.1) is 12.4 Å². The number of likely N-dealkylation sites (tertiary alicyclic amines) is 1. The molecule has 1 fully saturated rings. The van der Waals surface area contributed by atoms with Crippen LogP contribution in [-0.2, 0) is 11.3 Å². The van der Waals surface area contributed by atoms with Crippen LogP contribution in [0.2, 0.25) is 0 Å². The summed E-state index contributed by atoms with van der Waals surface area (Å²) in [5.41, 5.74) is 6.54. The van der Waals surface area contributed by atoms with Crippen LogP contribution in [0.1, 0.15) is 63.9 Å². The van der Waals surface area contributed by atoms with E-state index in [0.29, 0.717) is 12.6 Å². The SMILES string of the molecule is CCCCCCCCOc1ccc(CNC2CCN(CC(N)=O)CC2)cc1.Cl. The van der Waals surface area contributed by atoms with Crippen molar-refractivity contribution in [3.63, 3.8) is 0 Å². The molecule has 3 N–H and O–H groups in total. The number of halogens is 1. The Morgan fingerprint density at radius 1 is 1.11 bits per heavy atom. The van der Waals surface area contributed by atoms with Crippen LogP contribution in [0.3, 0.4) is 0 Å². The fourth-order valence-electron chi connectivity index (χ4n) is 3.55. The molecular formula is C22H38ClN3O2. The normalized spacial score (nSPS) is 15.2. The Labute approximate surface area is 176 Å². The molecule has 0 aliphatic carbocycles. The maximum absolute atomic E-state index is 11.0. The van der Waals surface area contributed by atoms with Gasteiger partial charge >= 0.3 is 0 Å². The highest BCUT2D eigenvalue weighted by Crippen LogP contribution is 2.15. The number of benzene rings is 1. The minimum absolute atomic E-state index is 0. The number of piperidine rings is 1. The molecule has 5 nitrogen and oxygen atoms in total. The van der Waals surface area contributed by atoms with Gasteiger partial charge in [-0.2, -0.15) is 0 Å². The van der Waals surface area contributed by atoms with Gasteiger partial charge in [-0.1, -0.05) is 51.2 Å². The lowest BCUT2D eigenvalue weighted by molar-refractivity contribution is -0.119. The lowest BCUT2D eigenvalue weighted by Gasteiger charge is -2.31. The number of unbranched alkanes of at least 4 members (excludes halogenated alkanes) is 5. The molecule has 2 rings (SSSR count). The van der Waals surface area contributed by atoms with Gasteiger partial charge in [-0.25, -0.2) is 0 Å². The number of carbonyl (C=O) groups excluding carboxylic acids is 1. The Morgan fingerprint density at radius 3 is 2.39 bits per heavy atom. The van der Waals surface area contributed by atoms with E-state index in [9.17, 15) is 4.79 Å². The average molecular weight is 412 g/mol. The second-order valence-corrected chi connectivity index (χ2v) is 7.66. The Bertz CT molecular complexity index is 531. The standard InChI is InChI=1S/C22H37N3O2.ClH/c1-2-3-4-5-6-7-16-27-21-10-8-19(9-11-21)17-24-20-12-14-25(15-13-20)18-22(23)26;/h8-11,20,24H,2-7,12-18H2,1H3,(H2,23,26);1H. The zero-order valence-corrected chi connectivity index (χ0v) is 18.1. The second-order valence-electron chi connectivity index (χ2n) is 7.66. The van der Waals surface area contributed by atoms with E-state index in [0.717, 1.165) is 51.3 Å². The predicted molar refractivity (Wildman–Crippen MR) is 118 cm³/mol. The number of primary amides is 1. The molecule has 0 atom stereocenters. The molecule has 1 amide bonds. The first-order valence-corrected chi connectivity index (χ1v) is 10.6. The van der Waals surface area contributed by atoms with Gasteiger partial charge in [0, 0.05) is 25.7 Å². The van der Waals surface area contributed by atoms with Gasteiger partial charge in [0.05, 0.1) is 13.2 Å². The molecule has 0 bridgehead atoms. The highest BCUT2D eigenvalue weighted by molar-refractivity contribution is 5.85. The third-order valence-corrected chi connectivity index (χ3v) is 5.25. The van der Waals surface area contributed by atoms with E-state index in [-0.39, 0.29) is 18.3 Å². The molecule has 6 heteroatoms. The highest BCUT2D eigenvalue weighted by Gasteiger charge is 2.19. The minimum Gasteiger partial charge on any atom is -0.494 e. The van der Waals surface area contributed by atoms with Crippen molar-refractivity contribution in [2.24, 2.45) is 5.73 Å². The van der Waals surface area contributed by atoms with Gasteiger partial charge in [-0.05, 0) is 37.0 Å². The van der Waals surface area contributed by atoms with E-state index < -0.39 is 0 Å². The van der Waals surface area contributed by atoms with Gasteiger partial charge in [-0.3, -0.25) is 9.69 Å². The third-order valence-electron chi connectivity index (χ3n) is 5.25. The summed E-state index contributed by atoms with van der Waals surface area (Å²) < 4.78 is 5.84. The predicted octanol–water partition coefficient (Wildman–Crippen LogP) is 3.89. The van der Waals surface area contributed by atoms with Crippen molar-refractivity contribution in [3.8, 4) is 5.75 Å². The maximum Gasteiger partial charge on any atom is 0.231 e. The summed E-state index contributed by atoms with van der Waals surface area (Å²) in [6.07, 6.45) is 9.85. The zero-order valence-electron chi connectivity index (χ0n) is 17.3. The number of amides is 1. The Morgan fingerprint density at radius 2 is 1.75 bits per heavy atom. The van der Waals surface area contributed by atoms with Crippen LogP contribution in [0.15, 0.2) is 24.3 Å². The summed E-state index contributed by atoms with van der Waals surface area (Å²) in [7, 11) is 0. The first-order chi connectivity index (χ1) is 13.2. The fourth-order valence-corrected chi connectivity index (χ4v) is 3.55. The highest BCUT2D eigenvalue weighted by atomic mass is 35.5. The number of nitrogens with one attached hydrogen (secondary N) is 1. The molecule has 1 heterocycles. The van der Waals surface area contributed by atoms with E-state index in [2.05, 4.69) is 41.4 Å².